The van der Waals surface area contributed by atoms with Gasteiger partial charge in [-0.15, -0.1) is 4.98 Å². The summed E-state index contributed by atoms with van der Waals surface area (Å²) >= 11 is 0. The predicted octanol–water partition coefficient (Wildman–Crippen LogP) is 3.52. The lowest BCUT2D eigenvalue weighted by Crippen LogP contribution is -2.34. The van der Waals surface area contributed by atoms with Gasteiger partial charge in [-0.3, -0.25) is 0 Å². The highest BCUT2D eigenvalue weighted by molar-refractivity contribution is 5.88. The molecule has 2 heterocycles. The van der Waals surface area contributed by atoms with Crippen molar-refractivity contribution in [1.29, 1.82) is 0 Å². The summed E-state index contributed by atoms with van der Waals surface area (Å²) < 4.78 is 17.9. The van der Waals surface area contributed by atoms with Crippen LogP contribution in [0.3, 0.4) is 0 Å². The van der Waals surface area contributed by atoms with E-state index in [-0.39, 0.29) is 18.0 Å². The Morgan fingerprint density at radius 3 is 1.87 bits per heavy atom. The van der Waals surface area contributed by atoms with Crippen molar-refractivity contribution < 1.29 is 23.6 Å². The fourth-order valence-electron chi connectivity index (χ4n) is 2.56. The Labute approximate surface area is 172 Å². The maximum Gasteiger partial charge on any atom is 0.447 e. The average Bonchev–Trinajstić information content (AvgIpc) is 2.80. The SMILES string of the molecule is COC(=O)c1ccc[n+](-c2nc(Oc3ccccc3)nc(Oc3ccccc3)n2)c1. The normalized spacial score (nSPS) is 10.3. The Kier molecular flexibility index (Phi) is 5.56. The third kappa shape index (κ3) is 4.56. The Bertz CT molecular complexity index is 1090. The van der Waals surface area contributed by atoms with Gasteiger partial charge in [-0.2, -0.15) is 0 Å². The van der Waals surface area contributed by atoms with Gasteiger partial charge >= 0.3 is 23.9 Å². The lowest BCUT2D eigenvalue weighted by Gasteiger charge is -2.05. The standard InChI is InChI=1S/C22H17N4O4/c1-28-19(27)16-9-8-14-26(15-16)20-23-21(29-17-10-4-2-5-11-17)25-22(24-20)30-18-12-6-3-7-13-18/h2-15H,1H3/q+1. The van der Waals surface area contributed by atoms with Gasteiger partial charge in [0.2, 0.25) is 0 Å². The number of benzene rings is 2. The van der Waals surface area contributed by atoms with Crippen molar-refractivity contribution >= 4 is 5.97 Å². The Morgan fingerprint density at radius 1 is 0.767 bits per heavy atom. The molecule has 2 aromatic heterocycles. The summed E-state index contributed by atoms with van der Waals surface area (Å²) in [6.07, 6.45) is 3.25. The van der Waals surface area contributed by atoms with Gasteiger partial charge in [0.1, 0.15) is 11.5 Å². The number of rotatable bonds is 6. The number of carbonyl (C=O) groups is 1. The van der Waals surface area contributed by atoms with Gasteiger partial charge in [0.25, 0.3) is 0 Å². The highest BCUT2D eigenvalue weighted by Crippen LogP contribution is 2.22. The van der Waals surface area contributed by atoms with Crippen LogP contribution in [-0.2, 0) is 4.74 Å². The topological polar surface area (TPSA) is 87.3 Å². The molecule has 0 bridgehead atoms. The molecule has 8 nitrogen and oxygen atoms in total. The van der Waals surface area contributed by atoms with Gasteiger partial charge in [-0.1, -0.05) is 36.4 Å². The van der Waals surface area contributed by atoms with Crippen LogP contribution in [0, 0.1) is 0 Å². The first-order valence-corrected chi connectivity index (χ1v) is 9.03. The van der Waals surface area contributed by atoms with Crippen LogP contribution in [0.15, 0.2) is 85.2 Å². The minimum absolute atomic E-state index is 0.0492. The molecule has 0 spiro atoms. The van der Waals surface area contributed by atoms with Crippen LogP contribution in [0.1, 0.15) is 10.4 Å². The second-order valence-electron chi connectivity index (χ2n) is 6.02. The summed E-state index contributed by atoms with van der Waals surface area (Å²) in [5.74, 6) is 0.870. The Hall–Kier alpha value is -4.33. The van der Waals surface area contributed by atoms with E-state index in [1.54, 1.807) is 53.4 Å². The molecule has 148 valence electrons. The molecule has 0 radical (unpaired) electrons. The molecule has 2 aromatic carbocycles. The molecule has 30 heavy (non-hydrogen) atoms. The van der Waals surface area contributed by atoms with Crippen LogP contribution in [0.5, 0.6) is 23.5 Å². The van der Waals surface area contributed by atoms with E-state index in [9.17, 15) is 4.79 Å². The van der Waals surface area contributed by atoms with Crippen molar-refractivity contribution in [3.05, 3.63) is 90.8 Å². The van der Waals surface area contributed by atoms with Crippen LogP contribution < -0.4 is 14.0 Å². The van der Waals surface area contributed by atoms with Gasteiger partial charge in [0.05, 0.1) is 25.1 Å². The maximum absolute atomic E-state index is 11.9. The molecule has 0 aliphatic rings. The highest BCUT2D eigenvalue weighted by Gasteiger charge is 2.22. The van der Waals surface area contributed by atoms with E-state index in [0.717, 1.165) is 0 Å². The maximum atomic E-state index is 11.9. The number of pyridine rings is 1. The number of aromatic nitrogens is 4. The number of esters is 1. The van der Waals surface area contributed by atoms with Crippen molar-refractivity contribution in [1.82, 2.24) is 15.0 Å². The summed E-state index contributed by atoms with van der Waals surface area (Å²) in [6, 6.07) is 21.7. The highest BCUT2D eigenvalue weighted by atomic mass is 16.5. The van der Waals surface area contributed by atoms with E-state index >= 15 is 0 Å². The Balaban J connectivity index is 1.74. The zero-order valence-electron chi connectivity index (χ0n) is 16.0. The Morgan fingerprint density at radius 2 is 1.33 bits per heavy atom. The summed E-state index contributed by atoms with van der Waals surface area (Å²) in [6.45, 7) is 0. The smallest absolute Gasteiger partial charge is 0.447 e. The van der Waals surface area contributed by atoms with Crippen molar-refractivity contribution in [3.8, 4) is 29.5 Å². The molecular formula is C22H17N4O4+. The number of methoxy groups -OCH3 is 1. The molecule has 0 fully saturated rings. The number of ether oxygens (including phenoxy) is 3. The zero-order valence-corrected chi connectivity index (χ0v) is 16.0. The van der Waals surface area contributed by atoms with Gasteiger partial charge in [0, 0.05) is 0 Å². The molecule has 0 aliphatic heterocycles. The van der Waals surface area contributed by atoms with Crippen LogP contribution in [0.25, 0.3) is 5.95 Å². The molecule has 0 N–H and O–H groups in total. The van der Waals surface area contributed by atoms with Crippen LogP contribution in [0.4, 0.5) is 0 Å². The molecule has 0 aliphatic carbocycles. The van der Waals surface area contributed by atoms with Crippen molar-refractivity contribution in [2.24, 2.45) is 0 Å². The van der Waals surface area contributed by atoms with E-state index in [0.29, 0.717) is 17.1 Å². The monoisotopic (exact) mass is 401 g/mol. The third-order valence-electron chi connectivity index (χ3n) is 3.94. The molecule has 0 atom stereocenters. The molecule has 4 rings (SSSR count). The zero-order chi connectivity index (χ0) is 20.8. The van der Waals surface area contributed by atoms with Crippen LogP contribution in [-0.4, -0.2) is 28.0 Å². The van der Waals surface area contributed by atoms with Crippen molar-refractivity contribution in [3.63, 3.8) is 0 Å². The predicted molar refractivity (Wildman–Crippen MR) is 106 cm³/mol. The summed E-state index contributed by atoms with van der Waals surface area (Å²) in [5.41, 5.74) is 0.344. The fourth-order valence-corrected chi connectivity index (χ4v) is 2.56. The minimum atomic E-state index is -0.472. The van der Waals surface area contributed by atoms with Crippen molar-refractivity contribution in [2.45, 2.75) is 0 Å². The molecule has 0 saturated heterocycles. The lowest BCUT2D eigenvalue weighted by molar-refractivity contribution is -0.604. The summed E-state index contributed by atoms with van der Waals surface area (Å²) in [4.78, 5) is 24.8. The number of carbonyl (C=O) groups excluding carboxylic acids is 1. The molecule has 0 amide bonds. The second-order valence-corrected chi connectivity index (χ2v) is 6.02. The number of hydrogen-bond donors (Lipinski definition) is 0. The largest absolute Gasteiger partial charge is 0.465 e. The number of nitrogens with zero attached hydrogens (tertiary/aromatic N) is 4. The van der Waals surface area contributed by atoms with E-state index in [4.69, 9.17) is 14.2 Å². The van der Waals surface area contributed by atoms with Crippen molar-refractivity contribution in [2.75, 3.05) is 7.11 Å². The van der Waals surface area contributed by atoms with Gasteiger partial charge in [-0.25, -0.2) is 9.36 Å². The fraction of sp³-hybridized carbons (Fsp3) is 0.0455. The molecular weight excluding hydrogens is 384 g/mol. The molecule has 0 unspecified atom stereocenters. The first kappa shape index (κ1) is 19.0. The van der Waals surface area contributed by atoms with E-state index < -0.39 is 5.97 Å². The van der Waals surface area contributed by atoms with E-state index in [2.05, 4.69) is 15.0 Å². The van der Waals surface area contributed by atoms with Crippen LogP contribution in [0.2, 0.25) is 0 Å². The first-order valence-electron chi connectivity index (χ1n) is 9.03. The van der Waals surface area contributed by atoms with E-state index in [1.165, 1.54) is 7.11 Å². The van der Waals surface area contributed by atoms with Gasteiger partial charge < -0.3 is 14.2 Å². The number of para-hydroxylation sites is 2. The summed E-state index contributed by atoms with van der Waals surface area (Å²) in [5, 5.41) is 0. The summed E-state index contributed by atoms with van der Waals surface area (Å²) in [7, 11) is 1.32. The molecule has 0 saturated carbocycles. The molecule has 8 heteroatoms. The van der Waals surface area contributed by atoms with Gasteiger partial charge in [-0.05, 0) is 46.4 Å². The van der Waals surface area contributed by atoms with E-state index in [1.807, 2.05) is 36.4 Å². The molecule has 4 aromatic rings. The quantitative estimate of drug-likeness (QED) is 0.361. The third-order valence-corrected chi connectivity index (χ3v) is 3.94. The number of hydrogen-bond acceptors (Lipinski definition) is 7. The average molecular weight is 401 g/mol. The van der Waals surface area contributed by atoms with Gasteiger partial charge in [0.15, 0.2) is 0 Å². The lowest BCUT2D eigenvalue weighted by atomic mass is 10.3. The minimum Gasteiger partial charge on any atom is -0.465 e. The second kappa shape index (κ2) is 8.78. The van der Waals surface area contributed by atoms with Crippen LogP contribution >= 0.6 is 0 Å². The first-order chi connectivity index (χ1) is 14.7.